The van der Waals surface area contributed by atoms with Crippen LogP contribution in [0.15, 0.2) is 29.4 Å². The van der Waals surface area contributed by atoms with Crippen molar-refractivity contribution in [2.24, 2.45) is 11.1 Å². The Morgan fingerprint density at radius 1 is 1.41 bits per heavy atom. The second-order valence-corrected chi connectivity index (χ2v) is 4.59. The normalized spacial score (nSPS) is 16.6. The molecule has 1 aliphatic rings. The number of hydrogen-bond acceptors (Lipinski definition) is 4. The highest BCUT2D eigenvalue weighted by Crippen LogP contribution is 2.13. The highest BCUT2D eigenvalue weighted by atomic mass is 16.5. The molecule has 0 aliphatic carbocycles. The van der Waals surface area contributed by atoms with Crippen molar-refractivity contribution in [1.82, 2.24) is 4.90 Å². The molecule has 2 rings (SSSR count). The summed E-state index contributed by atoms with van der Waals surface area (Å²) in [5.41, 5.74) is 2.18. The van der Waals surface area contributed by atoms with E-state index in [1.807, 2.05) is 12.1 Å². The summed E-state index contributed by atoms with van der Waals surface area (Å²) in [5, 5.41) is 11.4. The Morgan fingerprint density at radius 2 is 2.12 bits per heavy atom. The van der Waals surface area contributed by atoms with Crippen LogP contribution < -0.4 is 0 Å². The summed E-state index contributed by atoms with van der Waals surface area (Å²) in [5.74, 6) is 0.695. The molecule has 4 nitrogen and oxygen atoms in total. The Kier molecular flexibility index (Phi) is 4.12. The van der Waals surface area contributed by atoms with Crippen LogP contribution in [0, 0.1) is 5.92 Å². The van der Waals surface area contributed by atoms with E-state index in [0.29, 0.717) is 5.92 Å². The van der Waals surface area contributed by atoms with E-state index in [1.54, 1.807) is 0 Å². The van der Waals surface area contributed by atoms with Crippen molar-refractivity contribution in [2.75, 3.05) is 26.8 Å². The monoisotopic (exact) mass is 234 g/mol. The second-order valence-electron chi connectivity index (χ2n) is 4.59. The van der Waals surface area contributed by atoms with Gasteiger partial charge in [0.05, 0.1) is 19.4 Å². The molecule has 1 aliphatic heterocycles. The molecule has 0 saturated carbocycles. The van der Waals surface area contributed by atoms with Crippen molar-refractivity contribution in [3.63, 3.8) is 0 Å². The first-order valence-electron chi connectivity index (χ1n) is 5.80. The summed E-state index contributed by atoms with van der Waals surface area (Å²) in [4.78, 5) is 2.31. The van der Waals surface area contributed by atoms with E-state index in [0.717, 1.165) is 31.9 Å². The molecule has 0 unspecified atom stereocenters. The third-order valence-electron chi connectivity index (χ3n) is 2.92. The van der Waals surface area contributed by atoms with Gasteiger partial charge >= 0.3 is 0 Å². The molecule has 1 saturated heterocycles. The lowest BCUT2D eigenvalue weighted by molar-refractivity contribution is -0.0445. The van der Waals surface area contributed by atoms with Crippen LogP contribution in [0.3, 0.4) is 0 Å². The Hall–Kier alpha value is -1.39. The molecule has 0 radical (unpaired) electrons. The molecule has 0 bridgehead atoms. The van der Waals surface area contributed by atoms with Gasteiger partial charge in [0.25, 0.3) is 0 Å². The fraction of sp³-hybridized carbons (Fsp3) is 0.462. The fourth-order valence-electron chi connectivity index (χ4n) is 1.98. The zero-order chi connectivity index (χ0) is 12.1. The smallest absolute Gasteiger partial charge is 0.0733 e. The van der Waals surface area contributed by atoms with Crippen LogP contribution in [-0.2, 0) is 11.3 Å². The maximum atomic E-state index is 8.42. The average molecular weight is 234 g/mol. The number of benzene rings is 1. The van der Waals surface area contributed by atoms with Crippen LogP contribution in [0.2, 0.25) is 0 Å². The molecule has 1 aromatic rings. The quantitative estimate of drug-likeness (QED) is 0.478. The summed E-state index contributed by atoms with van der Waals surface area (Å²) in [6.45, 7) is 3.82. The zero-order valence-electron chi connectivity index (χ0n) is 10.0. The second kappa shape index (κ2) is 5.80. The van der Waals surface area contributed by atoms with Crippen LogP contribution in [0.1, 0.15) is 11.1 Å². The lowest BCUT2D eigenvalue weighted by Crippen LogP contribution is -2.37. The van der Waals surface area contributed by atoms with Gasteiger partial charge in [-0.1, -0.05) is 29.4 Å². The lowest BCUT2D eigenvalue weighted by atomic mass is 10.1. The number of hydrogen-bond donors (Lipinski definition) is 1. The fourth-order valence-corrected chi connectivity index (χ4v) is 1.98. The minimum Gasteiger partial charge on any atom is -0.411 e. The third kappa shape index (κ3) is 3.54. The van der Waals surface area contributed by atoms with Gasteiger partial charge in [0.1, 0.15) is 0 Å². The van der Waals surface area contributed by atoms with Crippen LogP contribution in [0.25, 0.3) is 0 Å². The molecule has 0 aromatic heterocycles. The van der Waals surface area contributed by atoms with Gasteiger partial charge in [0.2, 0.25) is 0 Å². The topological polar surface area (TPSA) is 45.1 Å². The van der Waals surface area contributed by atoms with E-state index in [-0.39, 0.29) is 0 Å². The number of ether oxygens (including phenoxy) is 1. The van der Waals surface area contributed by atoms with Crippen molar-refractivity contribution < 1.29 is 9.94 Å². The van der Waals surface area contributed by atoms with Gasteiger partial charge in [-0.25, -0.2) is 0 Å². The van der Waals surface area contributed by atoms with Crippen LogP contribution in [0.5, 0.6) is 0 Å². The minimum atomic E-state index is 0.695. The highest BCUT2D eigenvalue weighted by molar-refractivity contribution is 5.78. The Bertz CT molecular complexity index is 372. The Morgan fingerprint density at radius 3 is 2.65 bits per heavy atom. The van der Waals surface area contributed by atoms with Crippen molar-refractivity contribution in [3.05, 3.63) is 35.4 Å². The molecular weight excluding hydrogens is 216 g/mol. The summed E-state index contributed by atoms with van der Waals surface area (Å²) in [6.07, 6.45) is 1.43. The van der Waals surface area contributed by atoms with Gasteiger partial charge in [0, 0.05) is 19.0 Å². The van der Waals surface area contributed by atoms with E-state index in [2.05, 4.69) is 29.2 Å². The molecular formula is C13H18N2O2. The lowest BCUT2D eigenvalue weighted by Gasteiger charge is -2.30. The molecule has 0 atom stereocenters. The zero-order valence-corrected chi connectivity index (χ0v) is 10.0. The van der Waals surface area contributed by atoms with Gasteiger partial charge in [-0.2, -0.15) is 0 Å². The maximum absolute atomic E-state index is 8.42. The predicted molar refractivity (Wildman–Crippen MR) is 66.5 cm³/mol. The largest absolute Gasteiger partial charge is 0.411 e. The Balaban J connectivity index is 1.84. The first kappa shape index (κ1) is 12.1. The summed E-state index contributed by atoms with van der Waals surface area (Å²) in [7, 11) is 2.13. The van der Waals surface area contributed by atoms with Gasteiger partial charge < -0.3 is 14.8 Å². The van der Waals surface area contributed by atoms with E-state index in [1.165, 1.54) is 11.8 Å². The van der Waals surface area contributed by atoms with Gasteiger partial charge in [-0.15, -0.1) is 0 Å². The molecule has 1 heterocycles. The Labute approximate surface area is 101 Å². The summed E-state index contributed by atoms with van der Waals surface area (Å²) >= 11 is 0. The van der Waals surface area contributed by atoms with E-state index < -0.39 is 0 Å². The summed E-state index contributed by atoms with van der Waals surface area (Å²) in [6, 6.07) is 8.03. The first-order valence-corrected chi connectivity index (χ1v) is 5.80. The van der Waals surface area contributed by atoms with E-state index in [9.17, 15) is 0 Å². The average Bonchev–Trinajstić information content (AvgIpc) is 2.27. The van der Waals surface area contributed by atoms with Crippen LogP contribution in [-0.4, -0.2) is 43.1 Å². The molecule has 17 heavy (non-hydrogen) atoms. The maximum Gasteiger partial charge on any atom is 0.0733 e. The number of oxime groups is 1. The SMILES string of the molecule is CN(Cc1ccc(/C=N/O)cc1)CC1COC1. The number of nitrogens with zero attached hydrogens (tertiary/aromatic N) is 2. The van der Waals surface area contributed by atoms with E-state index >= 15 is 0 Å². The van der Waals surface area contributed by atoms with Crippen LogP contribution in [0.4, 0.5) is 0 Å². The van der Waals surface area contributed by atoms with Crippen molar-refractivity contribution in [1.29, 1.82) is 0 Å². The molecule has 1 fully saturated rings. The highest BCUT2D eigenvalue weighted by Gasteiger charge is 2.19. The molecule has 1 aromatic carbocycles. The molecule has 0 amide bonds. The predicted octanol–water partition coefficient (Wildman–Crippen LogP) is 1.57. The minimum absolute atomic E-state index is 0.695. The first-order chi connectivity index (χ1) is 8.28. The van der Waals surface area contributed by atoms with Gasteiger partial charge in [0.15, 0.2) is 0 Å². The molecule has 92 valence electrons. The summed E-state index contributed by atoms with van der Waals surface area (Å²) < 4.78 is 5.16. The standard InChI is InChI=1S/C13H18N2O2/c1-15(8-13-9-17-10-13)7-12-4-2-11(3-5-12)6-14-16/h2-6,13,16H,7-10H2,1H3/b14-6+. The third-order valence-corrected chi connectivity index (χ3v) is 2.92. The van der Waals surface area contributed by atoms with E-state index in [4.69, 9.17) is 9.94 Å². The molecule has 4 heteroatoms. The van der Waals surface area contributed by atoms with Crippen molar-refractivity contribution in [3.8, 4) is 0 Å². The van der Waals surface area contributed by atoms with Gasteiger partial charge in [-0.05, 0) is 18.2 Å². The van der Waals surface area contributed by atoms with Crippen molar-refractivity contribution in [2.45, 2.75) is 6.54 Å². The van der Waals surface area contributed by atoms with Gasteiger partial charge in [-0.3, -0.25) is 0 Å². The molecule has 0 spiro atoms. The molecule has 1 N–H and O–H groups in total. The van der Waals surface area contributed by atoms with Crippen LogP contribution >= 0.6 is 0 Å². The van der Waals surface area contributed by atoms with Crippen molar-refractivity contribution >= 4 is 6.21 Å². The number of rotatable bonds is 5.